The van der Waals surface area contributed by atoms with Crippen LogP contribution in [-0.4, -0.2) is 54.7 Å². The van der Waals surface area contributed by atoms with Gasteiger partial charge in [0.05, 0.1) is 17.1 Å². The predicted octanol–water partition coefficient (Wildman–Crippen LogP) is 2.16. The molecule has 116 valence electrons. The first kappa shape index (κ1) is 17.6. The van der Waals surface area contributed by atoms with Crippen LogP contribution in [0.1, 0.15) is 19.3 Å². The first-order valence-corrected chi connectivity index (χ1v) is 8.79. The topological polar surface area (TPSA) is 67.6 Å². The fourth-order valence-corrected chi connectivity index (χ4v) is 3.44. The van der Waals surface area contributed by atoms with E-state index in [1.165, 1.54) is 23.7 Å². The molecule has 1 aliphatic heterocycles. The van der Waals surface area contributed by atoms with E-state index in [2.05, 4.69) is 23.7 Å². The molecule has 2 unspecified atom stereocenters. The Kier molecular flexibility index (Phi) is 8.35. The van der Waals surface area contributed by atoms with E-state index >= 15 is 0 Å². The van der Waals surface area contributed by atoms with Crippen LogP contribution < -0.4 is 4.72 Å². The van der Waals surface area contributed by atoms with Gasteiger partial charge >= 0.3 is 0 Å². The number of likely N-dealkylation sites (N-methyl/N-ethyl adjacent to an activating group) is 1. The summed E-state index contributed by atoms with van der Waals surface area (Å²) in [6.07, 6.45) is 6.70. The largest absolute Gasteiger partial charge is 0.374 e. The molecule has 0 aromatic heterocycles. The molecule has 1 heterocycles. The molecule has 0 bridgehead atoms. The summed E-state index contributed by atoms with van der Waals surface area (Å²) in [6, 6.07) is 0. The van der Waals surface area contributed by atoms with E-state index in [1.54, 1.807) is 0 Å². The zero-order valence-electron chi connectivity index (χ0n) is 12.2. The van der Waals surface area contributed by atoms with Crippen molar-refractivity contribution in [1.29, 1.82) is 0 Å². The van der Waals surface area contributed by atoms with E-state index < -0.39 is 4.92 Å². The van der Waals surface area contributed by atoms with Crippen molar-refractivity contribution in [2.75, 3.05) is 32.6 Å². The number of nitrogens with zero attached hydrogens (tertiary/aromatic N) is 2. The Hall–Kier alpha value is -0.440. The smallest absolute Gasteiger partial charge is 0.264 e. The van der Waals surface area contributed by atoms with E-state index in [1.807, 2.05) is 6.26 Å². The third-order valence-corrected chi connectivity index (χ3v) is 4.50. The summed E-state index contributed by atoms with van der Waals surface area (Å²) in [7, 11) is 4.12. The van der Waals surface area contributed by atoms with E-state index in [-0.39, 0.29) is 0 Å². The molecule has 1 rings (SSSR count). The van der Waals surface area contributed by atoms with Crippen molar-refractivity contribution in [2.45, 2.75) is 31.5 Å². The van der Waals surface area contributed by atoms with Gasteiger partial charge in [-0.15, -0.1) is 11.8 Å². The molecule has 0 saturated carbocycles. The summed E-state index contributed by atoms with van der Waals surface area (Å²) in [5.41, 5.74) is 0. The Labute approximate surface area is 129 Å². The van der Waals surface area contributed by atoms with Crippen molar-refractivity contribution in [3.63, 3.8) is 0 Å². The molecule has 0 aromatic carbocycles. The molecule has 20 heavy (non-hydrogen) atoms. The van der Waals surface area contributed by atoms with Crippen molar-refractivity contribution < 1.29 is 9.66 Å². The fraction of sp³-hybridized carbons (Fsp3) is 0.833. The third kappa shape index (κ3) is 7.37. The monoisotopic (exact) mass is 321 g/mol. The number of hydrogen-bond donors (Lipinski definition) is 1. The molecular formula is C12H23N3O3S2. The maximum atomic E-state index is 10.4. The van der Waals surface area contributed by atoms with E-state index in [0.29, 0.717) is 17.2 Å². The van der Waals surface area contributed by atoms with Gasteiger partial charge in [0.1, 0.15) is 5.03 Å². The number of nitrogens with one attached hydrogen (secondary N) is 1. The first-order chi connectivity index (χ1) is 9.51. The van der Waals surface area contributed by atoms with Gasteiger partial charge in [-0.25, -0.2) is 0 Å². The second-order valence-corrected chi connectivity index (χ2v) is 6.69. The molecule has 1 N–H and O–H groups in total. The minimum absolute atomic E-state index is 0.325. The van der Waals surface area contributed by atoms with Gasteiger partial charge in [0.2, 0.25) is 0 Å². The molecule has 0 aromatic rings. The van der Waals surface area contributed by atoms with Crippen LogP contribution in [0.25, 0.3) is 0 Å². The molecule has 1 aliphatic rings. The fourth-order valence-electron chi connectivity index (χ4n) is 2.06. The Morgan fingerprint density at radius 3 is 2.80 bits per heavy atom. The number of thioether (sulfide) groups is 1. The molecule has 0 amide bonds. The quantitative estimate of drug-likeness (QED) is 0.302. The molecule has 0 spiro atoms. The molecule has 6 nitrogen and oxygen atoms in total. The summed E-state index contributed by atoms with van der Waals surface area (Å²) in [5, 5.41) is 10.9. The van der Waals surface area contributed by atoms with Crippen molar-refractivity contribution in [3.05, 3.63) is 21.3 Å². The van der Waals surface area contributed by atoms with Crippen LogP contribution in [0.2, 0.25) is 0 Å². The lowest BCUT2D eigenvalue weighted by Crippen LogP contribution is -2.26. The van der Waals surface area contributed by atoms with Crippen molar-refractivity contribution in [1.82, 2.24) is 9.62 Å². The van der Waals surface area contributed by atoms with Gasteiger partial charge in [-0.3, -0.25) is 10.1 Å². The lowest BCUT2D eigenvalue weighted by molar-refractivity contribution is -0.403. The summed E-state index contributed by atoms with van der Waals surface area (Å²) in [4.78, 5) is 12.1. The van der Waals surface area contributed by atoms with E-state index in [0.717, 1.165) is 37.8 Å². The zero-order chi connectivity index (χ0) is 15.0. The van der Waals surface area contributed by atoms with Crippen LogP contribution >= 0.6 is 23.7 Å². The second-order valence-electron chi connectivity index (χ2n) is 4.94. The predicted molar refractivity (Wildman–Crippen MR) is 85.3 cm³/mol. The normalized spacial score (nSPS) is 23.3. The van der Waals surface area contributed by atoms with Gasteiger partial charge in [0.15, 0.2) is 0 Å². The zero-order valence-corrected chi connectivity index (χ0v) is 13.8. The third-order valence-electron chi connectivity index (χ3n) is 2.92. The minimum Gasteiger partial charge on any atom is -0.374 e. The summed E-state index contributed by atoms with van der Waals surface area (Å²) >= 11 is 2.83. The summed E-state index contributed by atoms with van der Waals surface area (Å²) in [6.45, 7) is 0.976. The molecular weight excluding hydrogens is 298 g/mol. The Bertz CT molecular complexity index is 340. The highest BCUT2D eigenvalue weighted by Crippen LogP contribution is 2.24. The standard InChI is InChI=1S/C12H23N3O3S2/c1-14(2)8-11-5-4-10(18-11)6-7-20-13-12(19-3)9-15(16)17/h9-11,13H,4-8H2,1-3H3. The van der Waals surface area contributed by atoms with Crippen LogP contribution in [0.4, 0.5) is 0 Å². The molecule has 1 saturated heterocycles. The average molecular weight is 321 g/mol. The SMILES string of the molecule is CSC(=C[N+](=O)[O-])NSCCC1CCC(CN(C)C)O1. The average Bonchev–Trinajstić information content (AvgIpc) is 2.79. The molecule has 8 heteroatoms. The maximum absolute atomic E-state index is 10.4. The van der Waals surface area contributed by atoms with Crippen molar-refractivity contribution in [3.8, 4) is 0 Å². The molecule has 1 fully saturated rings. The van der Waals surface area contributed by atoms with E-state index in [9.17, 15) is 10.1 Å². The van der Waals surface area contributed by atoms with Crippen LogP contribution in [0.15, 0.2) is 11.2 Å². The van der Waals surface area contributed by atoms with Gasteiger partial charge in [-0.1, -0.05) is 11.9 Å². The number of rotatable bonds is 9. The van der Waals surface area contributed by atoms with Crippen molar-refractivity contribution >= 4 is 23.7 Å². The van der Waals surface area contributed by atoms with Gasteiger partial charge in [-0.2, -0.15) is 0 Å². The van der Waals surface area contributed by atoms with Crippen LogP contribution in [-0.2, 0) is 4.74 Å². The highest BCUT2D eigenvalue weighted by Gasteiger charge is 2.25. The Morgan fingerprint density at radius 2 is 2.20 bits per heavy atom. The van der Waals surface area contributed by atoms with E-state index in [4.69, 9.17) is 4.74 Å². The summed E-state index contributed by atoms with van der Waals surface area (Å²) in [5.74, 6) is 0.884. The van der Waals surface area contributed by atoms with Gasteiger partial charge < -0.3 is 14.4 Å². The molecule has 2 atom stereocenters. The summed E-state index contributed by atoms with van der Waals surface area (Å²) < 4.78 is 8.96. The molecule has 0 radical (unpaired) electrons. The van der Waals surface area contributed by atoms with Gasteiger partial charge in [0.25, 0.3) is 6.20 Å². The Morgan fingerprint density at radius 1 is 1.50 bits per heavy atom. The number of ether oxygens (including phenoxy) is 1. The van der Waals surface area contributed by atoms with Crippen LogP contribution in [0.3, 0.4) is 0 Å². The van der Waals surface area contributed by atoms with Gasteiger partial charge in [-0.05, 0) is 39.6 Å². The lowest BCUT2D eigenvalue weighted by Gasteiger charge is -2.17. The van der Waals surface area contributed by atoms with Crippen LogP contribution in [0.5, 0.6) is 0 Å². The van der Waals surface area contributed by atoms with Gasteiger partial charge in [0, 0.05) is 12.3 Å². The minimum atomic E-state index is -0.439. The molecule has 0 aliphatic carbocycles. The number of hydrogen-bond acceptors (Lipinski definition) is 7. The highest BCUT2D eigenvalue weighted by molar-refractivity contribution is 8.04. The number of nitro groups is 1. The second kappa shape index (κ2) is 9.49. The lowest BCUT2D eigenvalue weighted by atomic mass is 10.1. The maximum Gasteiger partial charge on any atom is 0.264 e. The first-order valence-electron chi connectivity index (χ1n) is 6.58. The highest BCUT2D eigenvalue weighted by atomic mass is 32.2. The van der Waals surface area contributed by atoms with Crippen molar-refractivity contribution in [2.24, 2.45) is 0 Å². The Balaban J connectivity index is 2.14. The van der Waals surface area contributed by atoms with Crippen LogP contribution in [0, 0.1) is 10.1 Å².